The molecule has 0 aliphatic carbocycles. The van der Waals surface area contributed by atoms with Gasteiger partial charge in [0.15, 0.2) is 0 Å². The van der Waals surface area contributed by atoms with E-state index in [-0.39, 0.29) is 32.7 Å². The van der Waals surface area contributed by atoms with Gasteiger partial charge < -0.3 is 11.1 Å². The van der Waals surface area contributed by atoms with E-state index in [0.717, 1.165) is 25.7 Å². The van der Waals surface area contributed by atoms with Crippen LogP contribution in [-0.2, 0) is 32.7 Å². The summed E-state index contributed by atoms with van der Waals surface area (Å²) in [5, 5.41) is 10.2. The van der Waals surface area contributed by atoms with E-state index in [9.17, 15) is 0 Å². The van der Waals surface area contributed by atoms with E-state index in [4.69, 9.17) is 11.1 Å². The number of unbranched alkanes of at least 4 members (excludes halogenated alkanes) is 1. The summed E-state index contributed by atoms with van der Waals surface area (Å²) in [4.78, 5) is 0. The summed E-state index contributed by atoms with van der Waals surface area (Å²) in [5.41, 5.74) is 5.23. The van der Waals surface area contributed by atoms with Crippen molar-refractivity contribution >= 4 is 13.1 Å². The average Bonchev–Trinajstić information content (AvgIpc) is 2.04. The van der Waals surface area contributed by atoms with E-state index in [1.807, 2.05) is 7.05 Å². The fourth-order valence-electron chi connectivity index (χ4n) is 1.16. The molecule has 3 nitrogen and oxygen atoms in total. The molecule has 2 radical (unpaired) electrons. The van der Waals surface area contributed by atoms with Crippen LogP contribution in [0.4, 0.5) is 0 Å². The van der Waals surface area contributed by atoms with Crippen LogP contribution in [-0.4, -0.2) is 26.1 Å². The number of rotatable bonds is 7. The van der Waals surface area contributed by atoms with Crippen molar-refractivity contribution in [1.82, 2.24) is 5.32 Å². The van der Waals surface area contributed by atoms with E-state index in [1.54, 1.807) is 0 Å². The summed E-state index contributed by atoms with van der Waals surface area (Å²) in [6.45, 7) is 2.06. The van der Waals surface area contributed by atoms with E-state index < -0.39 is 0 Å². The third-order valence-corrected chi connectivity index (χ3v) is 1.98. The van der Waals surface area contributed by atoms with Gasteiger partial charge in [-0.15, -0.1) is 0 Å². The minimum atomic E-state index is 0. The van der Waals surface area contributed by atoms with Gasteiger partial charge in [0, 0.05) is 39.1 Å². The van der Waals surface area contributed by atoms with Gasteiger partial charge in [-0.25, -0.2) is 0 Å². The van der Waals surface area contributed by atoms with Crippen LogP contribution in [0.3, 0.4) is 0 Å². The van der Waals surface area contributed by atoms with E-state index in [1.165, 1.54) is 0 Å². The SMILES string of the molecule is C[B]C(CCCCC(=N)N)NC.[Y]. The van der Waals surface area contributed by atoms with Crippen LogP contribution >= 0.6 is 0 Å². The molecule has 1 unspecified atom stereocenters. The molecular formula is C8H19BN3Y. The van der Waals surface area contributed by atoms with Crippen LogP contribution < -0.4 is 11.1 Å². The molecule has 0 aromatic rings. The Labute approximate surface area is 107 Å². The molecule has 13 heavy (non-hydrogen) atoms. The van der Waals surface area contributed by atoms with Crippen LogP contribution in [0.15, 0.2) is 0 Å². The maximum absolute atomic E-state index is 7.02. The Balaban J connectivity index is 0. The van der Waals surface area contributed by atoms with Gasteiger partial charge in [0.05, 0.1) is 5.84 Å². The summed E-state index contributed by atoms with van der Waals surface area (Å²) in [7, 11) is 4.13. The van der Waals surface area contributed by atoms with Crippen molar-refractivity contribution in [2.75, 3.05) is 7.05 Å². The number of amidine groups is 1. The third kappa shape index (κ3) is 10.5. The first-order valence-electron chi connectivity index (χ1n) is 4.50. The minimum absolute atomic E-state index is 0. The summed E-state index contributed by atoms with van der Waals surface area (Å²) >= 11 is 0. The Kier molecular flexibility index (Phi) is 13.2. The molecule has 1 atom stereocenters. The Morgan fingerprint density at radius 1 is 1.54 bits per heavy atom. The second-order valence-corrected chi connectivity index (χ2v) is 3.00. The van der Waals surface area contributed by atoms with Crippen LogP contribution in [0.25, 0.3) is 0 Å². The molecule has 4 N–H and O–H groups in total. The number of hydrogen-bond acceptors (Lipinski definition) is 2. The summed E-state index contributed by atoms with van der Waals surface area (Å²) in [5.74, 6) is 0.813. The number of hydrogen-bond donors (Lipinski definition) is 3. The van der Waals surface area contributed by atoms with Gasteiger partial charge in [0.1, 0.15) is 7.28 Å². The fraction of sp³-hybridized carbons (Fsp3) is 0.875. The third-order valence-electron chi connectivity index (χ3n) is 1.98. The van der Waals surface area contributed by atoms with Crippen molar-refractivity contribution in [3.8, 4) is 0 Å². The molecule has 0 amide bonds. The molecule has 5 heteroatoms. The van der Waals surface area contributed by atoms with Crippen LogP contribution in [0.2, 0.25) is 6.82 Å². The van der Waals surface area contributed by atoms with E-state index >= 15 is 0 Å². The molecule has 0 rings (SSSR count). The molecule has 0 bridgehead atoms. The number of nitrogens with one attached hydrogen (secondary N) is 2. The van der Waals surface area contributed by atoms with Gasteiger partial charge in [-0.1, -0.05) is 13.2 Å². The summed E-state index contributed by atoms with van der Waals surface area (Å²) in [6, 6.07) is 0. The standard InChI is InChI=1S/C8H19BN3.Y/c1-9-7(12-2)5-3-4-6-8(10)11;/h7,12H,3-6H2,1-2H3,(H3,10,11);. The second-order valence-electron chi connectivity index (χ2n) is 3.00. The van der Waals surface area contributed by atoms with Crippen LogP contribution in [0, 0.1) is 5.41 Å². The van der Waals surface area contributed by atoms with Gasteiger partial charge in [0.25, 0.3) is 0 Å². The average molecular weight is 257 g/mol. The van der Waals surface area contributed by atoms with Gasteiger partial charge >= 0.3 is 0 Å². The maximum Gasteiger partial charge on any atom is 0.129 e. The van der Waals surface area contributed by atoms with E-state index in [0.29, 0.717) is 11.8 Å². The fourth-order valence-corrected chi connectivity index (χ4v) is 1.16. The molecule has 0 heterocycles. The summed E-state index contributed by atoms with van der Waals surface area (Å²) < 4.78 is 0. The van der Waals surface area contributed by atoms with Gasteiger partial charge in [-0.05, 0) is 25.8 Å². The zero-order valence-corrected chi connectivity index (χ0v) is 11.5. The molecule has 72 valence electrons. The molecular weight excluding hydrogens is 238 g/mol. The normalized spacial score (nSPS) is 11.5. The molecule has 0 saturated heterocycles. The molecule has 0 aliphatic heterocycles. The van der Waals surface area contributed by atoms with Crippen molar-refractivity contribution in [2.45, 2.75) is 38.4 Å². The largest absolute Gasteiger partial charge is 0.388 e. The first-order valence-corrected chi connectivity index (χ1v) is 4.50. The minimum Gasteiger partial charge on any atom is -0.388 e. The molecule has 0 spiro atoms. The Hall–Kier alpha value is 0.599. The zero-order chi connectivity index (χ0) is 9.40. The zero-order valence-electron chi connectivity index (χ0n) is 8.64. The molecule has 0 aromatic carbocycles. The van der Waals surface area contributed by atoms with Crippen molar-refractivity contribution in [3.63, 3.8) is 0 Å². The Bertz CT molecular complexity index is 129. The maximum atomic E-state index is 7.02. The predicted octanol–water partition coefficient (Wildman–Crippen LogP) is 0.778. The van der Waals surface area contributed by atoms with Crippen molar-refractivity contribution in [2.24, 2.45) is 5.73 Å². The van der Waals surface area contributed by atoms with Gasteiger partial charge in [-0.3, -0.25) is 5.41 Å². The molecule has 0 aromatic heterocycles. The van der Waals surface area contributed by atoms with Crippen LogP contribution in [0.1, 0.15) is 25.7 Å². The van der Waals surface area contributed by atoms with E-state index in [2.05, 4.69) is 19.4 Å². The molecule has 0 saturated carbocycles. The quantitative estimate of drug-likeness (QED) is 0.273. The first-order chi connectivity index (χ1) is 5.70. The molecule has 0 aliphatic rings. The van der Waals surface area contributed by atoms with Crippen molar-refractivity contribution in [1.29, 1.82) is 5.41 Å². The second kappa shape index (κ2) is 10.7. The van der Waals surface area contributed by atoms with Crippen molar-refractivity contribution < 1.29 is 32.7 Å². The number of nitrogens with two attached hydrogens (primary N) is 1. The molecule has 0 fully saturated rings. The Morgan fingerprint density at radius 3 is 2.54 bits per heavy atom. The predicted molar refractivity (Wildman–Crippen MR) is 54.8 cm³/mol. The first kappa shape index (κ1) is 16.0. The topological polar surface area (TPSA) is 61.9 Å². The van der Waals surface area contributed by atoms with Gasteiger partial charge in [-0.2, -0.15) is 0 Å². The van der Waals surface area contributed by atoms with Crippen molar-refractivity contribution in [3.05, 3.63) is 0 Å². The summed E-state index contributed by atoms with van der Waals surface area (Å²) in [6.07, 6.45) is 4.04. The monoisotopic (exact) mass is 257 g/mol. The van der Waals surface area contributed by atoms with Gasteiger partial charge in [0.2, 0.25) is 0 Å². The van der Waals surface area contributed by atoms with Crippen LogP contribution in [0.5, 0.6) is 0 Å². The Morgan fingerprint density at radius 2 is 2.15 bits per heavy atom. The smallest absolute Gasteiger partial charge is 0.129 e.